The molecule has 122 valence electrons. The van der Waals surface area contributed by atoms with E-state index in [2.05, 4.69) is 6.92 Å². The number of rotatable bonds is 7. The van der Waals surface area contributed by atoms with E-state index in [0.29, 0.717) is 15.8 Å². The number of non-ortho nitro benzene ring substituents is 1. The minimum absolute atomic E-state index is 0.0330. The Kier molecular flexibility index (Phi) is 6.29. The molecule has 0 aliphatic carbocycles. The summed E-state index contributed by atoms with van der Waals surface area (Å²) in [6.07, 6.45) is 6.08. The molecule has 1 aliphatic heterocycles. The van der Waals surface area contributed by atoms with Gasteiger partial charge in [-0.25, -0.2) is 0 Å². The number of nitro benzene ring substituents is 1. The van der Waals surface area contributed by atoms with E-state index >= 15 is 0 Å². The van der Waals surface area contributed by atoms with Crippen molar-refractivity contribution in [2.75, 3.05) is 6.54 Å². The normalized spacial score (nSPS) is 16.4. The van der Waals surface area contributed by atoms with Crippen LogP contribution in [0.4, 0.5) is 5.69 Å². The molecule has 1 amide bonds. The molecule has 1 heterocycles. The van der Waals surface area contributed by atoms with Gasteiger partial charge in [0.15, 0.2) is 0 Å². The van der Waals surface area contributed by atoms with Gasteiger partial charge >= 0.3 is 0 Å². The molecule has 0 atom stereocenters. The molecular weight excluding hydrogens is 332 g/mol. The molecule has 7 heteroatoms. The van der Waals surface area contributed by atoms with Crippen molar-refractivity contribution >= 4 is 46.0 Å². The average molecular weight is 350 g/mol. The van der Waals surface area contributed by atoms with Gasteiger partial charge in [-0.1, -0.05) is 50.2 Å². The molecule has 0 unspecified atom stereocenters. The number of thiocarbonyl (C=S) groups is 1. The molecule has 0 N–H and O–H groups in total. The van der Waals surface area contributed by atoms with Gasteiger partial charge in [0.2, 0.25) is 0 Å². The first-order valence-electron chi connectivity index (χ1n) is 7.52. The number of unbranched alkanes of at least 4 members (excludes halogenated alkanes) is 3. The summed E-state index contributed by atoms with van der Waals surface area (Å²) in [6, 6.07) is 6.12. The van der Waals surface area contributed by atoms with E-state index < -0.39 is 4.92 Å². The fraction of sp³-hybridized carbons (Fsp3) is 0.375. The van der Waals surface area contributed by atoms with Crippen molar-refractivity contribution < 1.29 is 9.72 Å². The van der Waals surface area contributed by atoms with Crippen LogP contribution in [0.3, 0.4) is 0 Å². The lowest BCUT2D eigenvalue weighted by molar-refractivity contribution is -0.384. The van der Waals surface area contributed by atoms with Gasteiger partial charge in [-0.15, -0.1) is 0 Å². The van der Waals surface area contributed by atoms with Crippen LogP contribution in [-0.2, 0) is 4.79 Å². The van der Waals surface area contributed by atoms with Gasteiger partial charge in [0, 0.05) is 18.7 Å². The minimum Gasteiger partial charge on any atom is -0.293 e. The Bertz CT molecular complexity index is 641. The van der Waals surface area contributed by atoms with Crippen molar-refractivity contribution in [1.29, 1.82) is 0 Å². The highest BCUT2D eigenvalue weighted by Gasteiger charge is 2.31. The van der Waals surface area contributed by atoms with Crippen LogP contribution >= 0.6 is 24.0 Å². The monoisotopic (exact) mass is 350 g/mol. The number of carbonyl (C=O) groups excluding carboxylic acids is 1. The molecule has 5 nitrogen and oxygen atoms in total. The smallest absolute Gasteiger partial charge is 0.269 e. The van der Waals surface area contributed by atoms with E-state index in [1.54, 1.807) is 23.1 Å². The zero-order chi connectivity index (χ0) is 16.8. The first-order valence-corrected chi connectivity index (χ1v) is 8.75. The van der Waals surface area contributed by atoms with Crippen LogP contribution in [0.25, 0.3) is 6.08 Å². The maximum absolute atomic E-state index is 12.4. The predicted molar refractivity (Wildman–Crippen MR) is 97.1 cm³/mol. The van der Waals surface area contributed by atoms with Crippen molar-refractivity contribution in [3.8, 4) is 0 Å². The highest BCUT2D eigenvalue weighted by molar-refractivity contribution is 8.26. The summed E-state index contributed by atoms with van der Waals surface area (Å²) in [4.78, 5) is 24.8. The lowest BCUT2D eigenvalue weighted by atomic mass is 10.2. The van der Waals surface area contributed by atoms with E-state index in [4.69, 9.17) is 12.2 Å². The lowest BCUT2D eigenvalue weighted by Crippen LogP contribution is -2.28. The first kappa shape index (κ1) is 17.6. The van der Waals surface area contributed by atoms with Crippen molar-refractivity contribution in [2.24, 2.45) is 0 Å². The summed E-state index contributed by atoms with van der Waals surface area (Å²) in [5.41, 5.74) is 0.785. The van der Waals surface area contributed by atoms with Crippen molar-refractivity contribution in [3.63, 3.8) is 0 Å². The third-order valence-electron chi connectivity index (χ3n) is 3.51. The quantitative estimate of drug-likeness (QED) is 0.240. The zero-order valence-electron chi connectivity index (χ0n) is 12.9. The number of amides is 1. The highest BCUT2D eigenvalue weighted by atomic mass is 32.2. The van der Waals surface area contributed by atoms with E-state index in [9.17, 15) is 14.9 Å². The Morgan fingerprint density at radius 2 is 1.96 bits per heavy atom. The molecule has 0 aromatic heterocycles. The molecule has 1 aromatic rings. The highest BCUT2D eigenvalue weighted by Crippen LogP contribution is 2.33. The van der Waals surface area contributed by atoms with Crippen LogP contribution in [0, 0.1) is 10.1 Å². The molecule has 1 aliphatic rings. The Labute approximate surface area is 144 Å². The third kappa shape index (κ3) is 4.62. The van der Waals surface area contributed by atoms with Crippen molar-refractivity contribution in [1.82, 2.24) is 4.90 Å². The van der Waals surface area contributed by atoms with Crippen molar-refractivity contribution in [2.45, 2.75) is 32.6 Å². The lowest BCUT2D eigenvalue weighted by Gasteiger charge is -2.13. The SMILES string of the molecule is CCCCCCN1C(=O)C(=Cc2ccc([N+](=O)[O-])cc2)SC1=S. The summed E-state index contributed by atoms with van der Waals surface area (Å²) in [5.74, 6) is -0.0742. The van der Waals surface area contributed by atoms with E-state index in [1.165, 1.54) is 23.9 Å². The van der Waals surface area contributed by atoms with E-state index in [-0.39, 0.29) is 11.6 Å². The number of thioether (sulfide) groups is 1. The van der Waals surface area contributed by atoms with Crippen LogP contribution in [0.5, 0.6) is 0 Å². The molecule has 1 fully saturated rings. The van der Waals surface area contributed by atoms with Crippen molar-refractivity contribution in [3.05, 3.63) is 44.8 Å². The van der Waals surface area contributed by atoms with Gasteiger partial charge in [-0.05, 0) is 30.2 Å². The molecule has 0 radical (unpaired) electrons. The summed E-state index contributed by atoms with van der Waals surface area (Å²) in [6.45, 7) is 2.80. The molecule has 23 heavy (non-hydrogen) atoms. The fourth-order valence-electron chi connectivity index (χ4n) is 2.23. The fourth-order valence-corrected chi connectivity index (χ4v) is 3.54. The van der Waals surface area contributed by atoms with Crippen LogP contribution in [0.2, 0.25) is 0 Å². The number of hydrogen-bond donors (Lipinski definition) is 0. The average Bonchev–Trinajstić information content (AvgIpc) is 2.79. The van der Waals surface area contributed by atoms with Gasteiger partial charge < -0.3 is 0 Å². The second-order valence-electron chi connectivity index (χ2n) is 5.24. The Hall–Kier alpha value is -1.73. The van der Waals surface area contributed by atoms with Gasteiger partial charge in [-0.3, -0.25) is 19.8 Å². The topological polar surface area (TPSA) is 63.5 Å². The predicted octanol–water partition coefficient (Wildman–Crippen LogP) is 4.38. The third-order valence-corrected chi connectivity index (χ3v) is 4.89. The zero-order valence-corrected chi connectivity index (χ0v) is 14.5. The minimum atomic E-state index is -0.445. The molecule has 2 rings (SSSR count). The van der Waals surface area contributed by atoms with Crippen LogP contribution < -0.4 is 0 Å². The second kappa shape index (κ2) is 8.21. The maximum atomic E-state index is 12.4. The standard InChI is InChI=1S/C16H18N2O3S2/c1-2-3-4-5-10-17-15(19)14(23-16(17)22)11-12-6-8-13(9-7-12)18(20)21/h6-9,11H,2-5,10H2,1H3. The van der Waals surface area contributed by atoms with Crippen LogP contribution in [-0.4, -0.2) is 26.6 Å². The Morgan fingerprint density at radius 3 is 2.57 bits per heavy atom. The Morgan fingerprint density at radius 1 is 1.26 bits per heavy atom. The summed E-state index contributed by atoms with van der Waals surface area (Å²) in [5, 5.41) is 10.6. The van der Waals surface area contributed by atoms with Gasteiger partial charge in [0.25, 0.3) is 11.6 Å². The number of nitro groups is 1. The molecule has 1 aromatic carbocycles. The molecular formula is C16H18N2O3S2. The first-order chi connectivity index (χ1) is 11.0. The second-order valence-corrected chi connectivity index (χ2v) is 6.92. The van der Waals surface area contributed by atoms with Crippen LogP contribution in [0.1, 0.15) is 38.2 Å². The summed E-state index contributed by atoms with van der Waals surface area (Å²) in [7, 11) is 0. The molecule has 1 saturated heterocycles. The Balaban J connectivity index is 2.04. The summed E-state index contributed by atoms with van der Waals surface area (Å²) < 4.78 is 0.583. The van der Waals surface area contributed by atoms with Gasteiger partial charge in [0.1, 0.15) is 4.32 Å². The number of benzene rings is 1. The number of hydrogen-bond acceptors (Lipinski definition) is 5. The molecule has 0 saturated carbocycles. The summed E-state index contributed by atoms with van der Waals surface area (Å²) >= 11 is 6.57. The molecule has 0 bridgehead atoms. The number of carbonyl (C=O) groups is 1. The largest absolute Gasteiger partial charge is 0.293 e. The van der Waals surface area contributed by atoms with E-state index in [1.807, 2.05) is 0 Å². The number of nitrogens with zero attached hydrogens (tertiary/aromatic N) is 2. The van der Waals surface area contributed by atoms with Gasteiger partial charge in [0.05, 0.1) is 9.83 Å². The van der Waals surface area contributed by atoms with E-state index in [0.717, 1.165) is 31.2 Å². The van der Waals surface area contributed by atoms with Gasteiger partial charge in [-0.2, -0.15) is 0 Å². The maximum Gasteiger partial charge on any atom is 0.269 e. The molecule has 0 spiro atoms. The van der Waals surface area contributed by atoms with Crippen LogP contribution in [0.15, 0.2) is 29.2 Å².